The van der Waals surface area contributed by atoms with Crippen LogP contribution in [0.15, 0.2) is 16.7 Å². The van der Waals surface area contributed by atoms with E-state index in [4.69, 9.17) is 0 Å². The van der Waals surface area contributed by atoms with Gasteiger partial charge in [0.2, 0.25) is 0 Å². The molecule has 3 aromatic rings. The summed E-state index contributed by atoms with van der Waals surface area (Å²) in [6.45, 7) is 8.67. The molecular formula is C57H103Cl3N15SiTi. The molecule has 0 saturated heterocycles. The molecule has 77 heavy (non-hydrogen) atoms. The smallest absolute Gasteiger partial charge is 1.00 e. The number of benzene rings is 3. The maximum atomic E-state index is 3.36. The second kappa shape index (κ2) is 29.4. The van der Waals surface area contributed by atoms with E-state index in [1.807, 2.05) is 0 Å². The Bertz CT molecular complexity index is 2150. The van der Waals surface area contributed by atoms with Gasteiger partial charge in [0.15, 0.2) is 8.80 Å². The van der Waals surface area contributed by atoms with Crippen molar-refractivity contribution >= 4 is 110 Å². The van der Waals surface area contributed by atoms with E-state index in [2.05, 4.69) is 319 Å². The molecule has 435 valence electrons. The van der Waals surface area contributed by atoms with Crippen molar-refractivity contribution in [1.82, 2.24) is 0 Å². The van der Waals surface area contributed by atoms with Gasteiger partial charge in [0.05, 0.1) is 85.3 Å². The Labute approximate surface area is 506 Å². The van der Waals surface area contributed by atoms with Gasteiger partial charge >= 0.3 is 21.7 Å². The summed E-state index contributed by atoms with van der Waals surface area (Å²) in [6.07, 6.45) is 3.36. The first kappa shape index (κ1) is 75.0. The molecule has 0 bridgehead atoms. The van der Waals surface area contributed by atoms with E-state index in [0.29, 0.717) is 5.92 Å². The fraction of sp³-hybridized carbons (Fsp3) is 0.614. The maximum Gasteiger partial charge on any atom is 4.00 e. The van der Waals surface area contributed by atoms with E-state index in [-0.39, 0.29) is 58.9 Å². The zero-order chi connectivity index (χ0) is 56.6. The van der Waals surface area contributed by atoms with Gasteiger partial charge in [-0.2, -0.15) is 11.1 Å². The Morgan fingerprint density at radius 2 is 0.390 bits per heavy atom. The van der Waals surface area contributed by atoms with E-state index < -0.39 is 8.80 Å². The van der Waals surface area contributed by atoms with Gasteiger partial charge in [0.1, 0.15) is 0 Å². The molecule has 0 aromatic heterocycles. The van der Waals surface area contributed by atoms with Crippen LogP contribution in [-0.4, -0.2) is 220 Å². The van der Waals surface area contributed by atoms with E-state index in [9.17, 15) is 0 Å². The van der Waals surface area contributed by atoms with E-state index in [1.165, 1.54) is 118 Å². The third-order valence-electron chi connectivity index (χ3n) is 13.8. The Kier molecular flexibility index (Phi) is 28.7. The van der Waals surface area contributed by atoms with Crippen LogP contribution in [0.5, 0.6) is 0 Å². The van der Waals surface area contributed by atoms with Crippen molar-refractivity contribution < 1.29 is 58.9 Å². The fourth-order valence-electron chi connectivity index (χ4n) is 10.7. The molecule has 0 fully saturated rings. The van der Waals surface area contributed by atoms with Crippen molar-refractivity contribution in [2.75, 3.05) is 285 Å². The minimum atomic E-state index is -2.25. The summed E-state index contributed by atoms with van der Waals surface area (Å²) in [6, 6.07) is 0. The molecule has 1 atom stereocenters. The summed E-state index contributed by atoms with van der Waals surface area (Å²) in [5, 5.41) is 3.94. The molecule has 1 aliphatic rings. The largest absolute Gasteiger partial charge is 4.00 e. The van der Waals surface area contributed by atoms with Crippen LogP contribution in [0.2, 0.25) is 0 Å². The number of hydrogen-bond acceptors (Lipinski definition) is 15. The van der Waals surface area contributed by atoms with Gasteiger partial charge in [0.25, 0.3) is 0 Å². The fourth-order valence-corrected chi connectivity index (χ4v) is 15.0. The van der Waals surface area contributed by atoms with Crippen molar-refractivity contribution in [1.29, 1.82) is 0 Å². The monoisotopic (exact) mass is 1180 g/mol. The molecule has 3 aromatic carbocycles. The Morgan fingerprint density at radius 3 is 0.468 bits per heavy atom. The number of allylic oxidation sites excluding steroid dienone is 4. The van der Waals surface area contributed by atoms with Crippen LogP contribution >= 0.6 is 0 Å². The standard InChI is InChI=1S/C48H90N15Si.C9H13.3ClH.Ti/c1-49(2)31-34(52(7)8)40(58(19)20)46(41(59(21)22)35(31)53(9)10)64(47-42(60(23)24)36(54(11)12)32(50(3)4)37(55(13)14)43(47)61(25)26)48-44(62(27)28)38(56(15)16)33(51(5)6)39(57(17)18)45(48)63(29)30;1-6-5-7(2)9(4)8(6)3;;;;/h1-30H3;6H,1-4H3;3*1H;/q;-1;;;;+4/p-3. The van der Waals surface area contributed by atoms with Crippen molar-refractivity contribution in [3.8, 4) is 0 Å². The molecule has 20 heteroatoms. The van der Waals surface area contributed by atoms with Crippen LogP contribution in [0, 0.1) is 12.0 Å². The number of nitrogens with zero attached hydrogens (tertiary/aromatic N) is 15. The summed E-state index contributed by atoms with van der Waals surface area (Å²) in [5.41, 5.74) is 22.0. The van der Waals surface area contributed by atoms with Crippen molar-refractivity contribution in [2.24, 2.45) is 5.92 Å². The number of halogens is 3. The summed E-state index contributed by atoms with van der Waals surface area (Å²) < 4.78 is 0. The van der Waals surface area contributed by atoms with Crippen LogP contribution in [0.1, 0.15) is 27.7 Å². The molecule has 0 amide bonds. The Hall–Kier alpha value is -4.06. The second-order valence-corrected chi connectivity index (χ2v) is 25.2. The van der Waals surface area contributed by atoms with Crippen LogP contribution in [-0.2, 0) is 21.7 Å². The number of hydrogen-bond donors (Lipinski definition) is 0. The minimum Gasteiger partial charge on any atom is -1.00 e. The summed E-state index contributed by atoms with van der Waals surface area (Å²) in [4.78, 5) is 35.2. The van der Waals surface area contributed by atoms with E-state index in [0.717, 1.165) is 0 Å². The second-order valence-electron chi connectivity index (χ2n) is 22.9. The molecule has 1 unspecified atom stereocenters. The van der Waals surface area contributed by atoms with Gasteiger partial charge < -0.3 is 111 Å². The van der Waals surface area contributed by atoms with Crippen molar-refractivity contribution in [3.05, 3.63) is 22.8 Å². The Balaban J connectivity index is 0. The quantitative estimate of drug-likeness (QED) is 0.0737. The van der Waals surface area contributed by atoms with E-state index >= 15 is 0 Å². The molecular weight excluding hydrogens is 1080 g/mol. The SMILES string of the molecule is CC1=[C-]C(C)C(C)=C1C.CN(C)c1c(N(C)C)c(N(C)C)c([Si](c2c(N(C)C)c(N(C)C)c(N(C)C)c(N(C)C)c2N(C)C)c2c(N(C)C)c(N(C)C)c(N(C)C)c(N(C)C)c2N(C)C)c(N(C)C)c1N(C)C.[Cl-].[Cl-].[Cl-].[Ti+4]. The zero-order valence-electron chi connectivity index (χ0n) is 54.4. The van der Waals surface area contributed by atoms with Crippen LogP contribution in [0.3, 0.4) is 0 Å². The van der Waals surface area contributed by atoms with Gasteiger partial charge in [-0.05, 0) is 15.6 Å². The zero-order valence-corrected chi connectivity index (χ0v) is 59.2. The molecule has 15 nitrogen and oxygen atoms in total. The van der Waals surface area contributed by atoms with Gasteiger partial charge in [-0.15, -0.1) is 6.92 Å². The molecule has 0 aliphatic heterocycles. The first-order valence-corrected chi connectivity index (χ1v) is 26.9. The predicted octanol–water partition coefficient (Wildman–Crippen LogP) is -3.08. The average molecular weight is 1180 g/mol. The van der Waals surface area contributed by atoms with Crippen LogP contribution in [0.4, 0.5) is 85.3 Å². The van der Waals surface area contributed by atoms with Gasteiger partial charge in [-0.25, -0.2) is 5.57 Å². The van der Waals surface area contributed by atoms with Crippen LogP contribution < -0.4 is 126 Å². The number of rotatable bonds is 18. The van der Waals surface area contributed by atoms with Crippen LogP contribution in [0.25, 0.3) is 0 Å². The first-order valence-electron chi connectivity index (χ1n) is 25.4. The van der Waals surface area contributed by atoms with Gasteiger partial charge in [0, 0.05) is 211 Å². The maximum absolute atomic E-state index is 3.36. The van der Waals surface area contributed by atoms with Gasteiger partial charge in [-0.1, -0.05) is 26.7 Å². The minimum absolute atomic E-state index is 0. The molecule has 0 saturated carbocycles. The first-order chi connectivity index (χ1) is 33.4. The molecule has 0 N–H and O–H groups in total. The van der Waals surface area contributed by atoms with E-state index in [1.54, 1.807) is 0 Å². The molecule has 0 spiro atoms. The third kappa shape index (κ3) is 14.5. The molecule has 1 aliphatic carbocycles. The summed E-state index contributed by atoms with van der Waals surface area (Å²) in [7, 11) is 64.1. The predicted molar refractivity (Wildman–Crippen MR) is 339 cm³/mol. The van der Waals surface area contributed by atoms with Gasteiger partial charge in [-0.3, -0.25) is 6.08 Å². The van der Waals surface area contributed by atoms with Crippen molar-refractivity contribution in [2.45, 2.75) is 27.7 Å². The topological polar surface area (TPSA) is 48.6 Å². The summed E-state index contributed by atoms with van der Waals surface area (Å²) in [5.74, 6) is 0.560. The summed E-state index contributed by atoms with van der Waals surface area (Å²) >= 11 is 0. The Morgan fingerprint density at radius 1 is 0.260 bits per heavy atom. The molecule has 1 radical (unpaired) electrons. The van der Waals surface area contributed by atoms with Crippen molar-refractivity contribution in [3.63, 3.8) is 0 Å². The molecule has 0 heterocycles. The number of anilines is 15. The third-order valence-corrected chi connectivity index (χ3v) is 16.7. The molecule has 4 rings (SSSR count). The average Bonchev–Trinajstić information content (AvgIpc) is 3.47. The normalized spacial score (nSPS) is 12.4.